The molecule has 0 aliphatic heterocycles. The van der Waals surface area contributed by atoms with Gasteiger partial charge in [0.2, 0.25) is 0 Å². The summed E-state index contributed by atoms with van der Waals surface area (Å²) in [6, 6.07) is 5.61. The van der Waals surface area contributed by atoms with Crippen LogP contribution in [0.1, 0.15) is 5.56 Å². The maximum absolute atomic E-state index is 5.48. The predicted octanol–water partition coefficient (Wildman–Crippen LogP) is 2.18. The van der Waals surface area contributed by atoms with E-state index in [1.807, 2.05) is 18.2 Å². The van der Waals surface area contributed by atoms with Gasteiger partial charge < -0.3 is 10.5 Å². The van der Waals surface area contributed by atoms with Gasteiger partial charge in [0.15, 0.2) is 5.11 Å². The standard InChI is InChI=1S/C11H12BrN3OS/c1-2-5-16-10-4-3-9(12)6-8(10)7-14-15-11(13)17/h2-4,6-7H,1,5H2,(H3,13,15,17)/b14-7+. The van der Waals surface area contributed by atoms with Crippen LogP contribution in [0.2, 0.25) is 0 Å². The first kappa shape index (κ1) is 13.7. The molecule has 0 unspecified atom stereocenters. The van der Waals surface area contributed by atoms with Crippen LogP contribution >= 0.6 is 28.1 Å². The highest BCUT2D eigenvalue weighted by Gasteiger charge is 2.01. The molecule has 3 N–H and O–H groups in total. The number of rotatable bonds is 5. The molecule has 0 amide bonds. The molecule has 0 heterocycles. The second-order valence-electron chi connectivity index (χ2n) is 3.02. The molecule has 0 saturated heterocycles. The molecule has 0 bridgehead atoms. The zero-order chi connectivity index (χ0) is 12.7. The molecule has 0 aliphatic carbocycles. The number of hydrazone groups is 1. The van der Waals surface area contributed by atoms with Crippen LogP contribution in [0.25, 0.3) is 0 Å². The average Bonchev–Trinajstić information content (AvgIpc) is 2.27. The van der Waals surface area contributed by atoms with Crippen LogP contribution in [-0.2, 0) is 0 Å². The summed E-state index contributed by atoms with van der Waals surface area (Å²) in [5.41, 5.74) is 8.55. The Morgan fingerprint density at radius 3 is 3.06 bits per heavy atom. The summed E-state index contributed by atoms with van der Waals surface area (Å²) in [4.78, 5) is 0. The smallest absolute Gasteiger partial charge is 0.184 e. The molecule has 4 nitrogen and oxygen atoms in total. The second kappa shape index (κ2) is 7.03. The van der Waals surface area contributed by atoms with Gasteiger partial charge in [0.05, 0.1) is 6.21 Å². The summed E-state index contributed by atoms with van der Waals surface area (Å²) in [7, 11) is 0. The maximum Gasteiger partial charge on any atom is 0.184 e. The number of benzene rings is 1. The Kier molecular flexibility index (Phi) is 5.65. The topological polar surface area (TPSA) is 59.6 Å². The highest BCUT2D eigenvalue weighted by Crippen LogP contribution is 2.21. The predicted molar refractivity (Wildman–Crippen MR) is 77.3 cm³/mol. The van der Waals surface area contributed by atoms with Crippen molar-refractivity contribution < 1.29 is 4.74 Å². The van der Waals surface area contributed by atoms with Crippen molar-refractivity contribution in [2.75, 3.05) is 6.61 Å². The van der Waals surface area contributed by atoms with Crippen LogP contribution < -0.4 is 15.9 Å². The molecule has 0 atom stereocenters. The van der Waals surface area contributed by atoms with Gasteiger partial charge in [-0.3, -0.25) is 5.43 Å². The van der Waals surface area contributed by atoms with E-state index in [1.54, 1.807) is 12.3 Å². The summed E-state index contributed by atoms with van der Waals surface area (Å²) in [5, 5.41) is 4.00. The summed E-state index contributed by atoms with van der Waals surface area (Å²) in [6.45, 7) is 4.03. The van der Waals surface area contributed by atoms with Crippen LogP contribution in [0.3, 0.4) is 0 Å². The minimum atomic E-state index is 0.116. The summed E-state index contributed by atoms with van der Waals surface area (Å²) in [5.74, 6) is 0.710. The molecular weight excluding hydrogens is 302 g/mol. The Morgan fingerprint density at radius 1 is 1.65 bits per heavy atom. The Bertz CT molecular complexity index is 448. The lowest BCUT2D eigenvalue weighted by atomic mass is 10.2. The molecule has 0 aliphatic rings. The maximum atomic E-state index is 5.48. The Labute approximate surface area is 114 Å². The van der Waals surface area contributed by atoms with Crippen molar-refractivity contribution in [2.24, 2.45) is 10.8 Å². The lowest BCUT2D eigenvalue weighted by molar-refractivity contribution is 0.362. The number of hydrogen-bond acceptors (Lipinski definition) is 3. The lowest BCUT2D eigenvalue weighted by Crippen LogP contribution is -2.24. The average molecular weight is 314 g/mol. The van der Waals surface area contributed by atoms with Crippen LogP contribution in [0.15, 0.2) is 40.4 Å². The van der Waals surface area contributed by atoms with Gasteiger partial charge in [-0.25, -0.2) is 0 Å². The van der Waals surface area contributed by atoms with Gasteiger partial charge in [-0.15, -0.1) is 0 Å². The Hall–Kier alpha value is -1.40. The summed E-state index contributed by atoms with van der Waals surface area (Å²) < 4.78 is 6.41. The van der Waals surface area contributed by atoms with E-state index < -0.39 is 0 Å². The van der Waals surface area contributed by atoms with E-state index in [0.717, 1.165) is 10.0 Å². The molecular formula is C11H12BrN3OS. The van der Waals surface area contributed by atoms with Crippen molar-refractivity contribution in [1.29, 1.82) is 0 Å². The van der Waals surface area contributed by atoms with Crippen molar-refractivity contribution in [3.8, 4) is 5.75 Å². The molecule has 90 valence electrons. The zero-order valence-corrected chi connectivity index (χ0v) is 11.4. The summed E-state index contributed by atoms with van der Waals surface area (Å²) >= 11 is 8.02. The van der Waals surface area contributed by atoms with Crippen LogP contribution in [0.4, 0.5) is 0 Å². The largest absolute Gasteiger partial charge is 0.489 e. The highest BCUT2D eigenvalue weighted by molar-refractivity contribution is 9.10. The van der Waals surface area contributed by atoms with Crippen LogP contribution in [0.5, 0.6) is 5.75 Å². The number of nitrogens with zero attached hydrogens (tertiary/aromatic N) is 1. The van der Waals surface area contributed by atoms with Gasteiger partial charge in [-0.05, 0) is 30.4 Å². The van der Waals surface area contributed by atoms with Crippen molar-refractivity contribution in [1.82, 2.24) is 5.43 Å². The molecule has 1 aromatic carbocycles. The molecule has 0 radical (unpaired) electrons. The molecule has 17 heavy (non-hydrogen) atoms. The Morgan fingerprint density at radius 2 is 2.41 bits per heavy atom. The molecule has 1 rings (SSSR count). The molecule has 0 fully saturated rings. The SMILES string of the molecule is C=CCOc1ccc(Br)cc1/C=N/NC(N)=S. The Balaban J connectivity index is 2.86. The lowest BCUT2D eigenvalue weighted by Gasteiger charge is -2.07. The third-order valence-corrected chi connectivity index (χ3v) is 2.29. The van der Waals surface area contributed by atoms with Gasteiger partial charge in [-0.2, -0.15) is 5.10 Å². The highest BCUT2D eigenvalue weighted by atomic mass is 79.9. The molecule has 0 saturated carbocycles. The summed E-state index contributed by atoms with van der Waals surface area (Å²) in [6.07, 6.45) is 3.26. The molecule has 6 heteroatoms. The van der Waals surface area contributed by atoms with E-state index >= 15 is 0 Å². The molecule has 0 aromatic heterocycles. The van der Waals surface area contributed by atoms with Gasteiger partial charge in [0.1, 0.15) is 12.4 Å². The number of halogens is 1. The van der Waals surface area contributed by atoms with E-state index in [4.69, 9.17) is 10.5 Å². The van der Waals surface area contributed by atoms with E-state index in [0.29, 0.717) is 12.4 Å². The van der Waals surface area contributed by atoms with Crippen molar-refractivity contribution in [3.05, 3.63) is 40.9 Å². The minimum Gasteiger partial charge on any atom is -0.489 e. The molecule has 1 aromatic rings. The number of thiocarbonyl (C=S) groups is 1. The first-order valence-electron chi connectivity index (χ1n) is 4.75. The minimum absolute atomic E-state index is 0.116. The number of nitrogens with two attached hydrogens (primary N) is 1. The third kappa shape index (κ3) is 4.97. The number of hydrogen-bond donors (Lipinski definition) is 2. The number of nitrogens with one attached hydrogen (secondary N) is 1. The van der Waals surface area contributed by atoms with Crippen molar-refractivity contribution >= 4 is 39.5 Å². The van der Waals surface area contributed by atoms with E-state index in [-0.39, 0.29) is 5.11 Å². The van der Waals surface area contributed by atoms with Gasteiger partial charge in [0.25, 0.3) is 0 Å². The first-order chi connectivity index (χ1) is 8.13. The monoisotopic (exact) mass is 313 g/mol. The van der Waals surface area contributed by atoms with E-state index in [2.05, 4.69) is 45.3 Å². The van der Waals surface area contributed by atoms with Crippen molar-refractivity contribution in [2.45, 2.75) is 0 Å². The van der Waals surface area contributed by atoms with E-state index in [9.17, 15) is 0 Å². The normalized spacial score (nSPS) is 10.2. The fourth-order valence-corrected chi connectivity index (χ4v) is 1.50. The third-order valence-electron chi connectivity index (χ3n) is 1.71. The van der Waals surface area contributed by atoms with Gasteiger partial charge in [-0.1, -0.05) is 28.6 Å². The molecule has 0 spiro atoms. The fraction of sp³-hybridized carbons (Fsp3) is 0.0909. The second-order valence-corrected chi connectivity index (χ2v) is 4.37. The van der Waals surface area contributed by atoms with Crippen LogP contribution in [-0.4, -0.2) is 17.9 Å². The van der Waals surface area contributed by atoms with E-state index in [1.165, 1.54) is 0 Å². The number of ether oxygens (including phenoxy) is 1. The zero-order valence-electron chi connectivity index (χ0n) is 9.02. The first-order valence-corrected chi connectivity index (χ1v) is 5.95. The van der Waals surface area contributed by atoms with Crippen molar-refractivity contribution in [3.63, 3.8) is 0 Å². The van der Waals surface area contributed by atoms with Gasteiger partial charge in [0, 0.05) is 10.0 Å². The quantitative estimate of drug-likeness (QED) is 0.378. The fourth-order valence-electron chi connectivity index (χ4n) is 1.07. The van der Waals surface area contributed by atoms with Gasteiger partial charge >= 0.3 is 0 Å². The van der Waals surface area contributed by atoms with Crippen LogP contribution in [0, 0.1) is 0 Å².